The van der Waals surface area contributed by atoms with E-state index in [0.717, 1.165) is 22.3 Å². The average Bonchev–Trinajstić information content (AvgIpc) is 3.03. The Bertz CT molecular complexity index is 1250. The van der Waals surface area contributed by atoms with Crippen molar-refractivity contribution in [3.8, 4) is 22.5 Å². The van der Waals surface area contributed by atoms with Crippen LogP contribution in [0.1, 0.15) is 22.6 Å². The van der Waals surface area contributed by atoms with Crippen molar-refractivity contribution in [1.82, 2.24) is 9.97 Å². The molecule has 1 aliphatic rings. The fraction of sp³-hybridized carbons (Fsp3) is 0.0435. The van der Waals surface area contributed by atoms with Crippen LogP contribution in [-0.4, -0.2) is 9.97 Å². The van der Waals surface area contributed by atoms with Gasteiger partial charge in [0.1, 0.15) is 11.6 Å². The van der Waals surface area contributed by atoms with Crippen molar-refractivity contribution in [2.75, 3.05) is 0 Å². The van der Waals surface area contributed by atoms with Gasteiger partial charge >= 0.3 is 5.69 Å². The first-order valence-corrected chi connectivity index (χ1v) is 8.87. The number of hydrogen-bond donors (Lipinski definition) is 1. The first-order chi connectivity index (χ1) is 13.6. The second-order valence-corrected chi connectivity index (χ2v) is 6.76. The monoisotopic (exact) mass is 372 g/mol. The zero-order chi connectivity index (χ0) is 19.3. The first-order valence-electron chi connectivity index (χ1n) is 8.87. The molecule has 0 fully saturated rings. The minimum Gasteiger partial charge on any atom is -0.305 e. The van der Waals surface area contributed by atoms with E-state index in [-0.39, 0.29) is 17.6 Å². The Kier molecular flexibility index (Phi) is 3.69. The summed E-state index contributed by atoms with van der Waals surface area (Å²) in [5.74, 6) is -0.881. The Balaban J connectivity index is 1.83. The van der Waals surface area contributed by atoms with Crippen LogP contribution in [-0.2, 0) is 0 Å². The molecule has 28 heavy (non-hydrogen) atoms. The molecule has 0 amide bonds. The van der Waals surface area contributed by atoms with Crippen molar-refractivity contribution in [1.29, 1.82) is 0 Å². The van der Waals surface area contributed by atoms with Gasteiger partial charge in [-0.05, 0) is 47.5 Å². The lowest BCUT2D eigenvalue weighted by atomic mass is 9.87. The van der Waals surface area contributed by atoms with Gasteiger partial charge in [-0.25, -0.2) is 13.6 Å². The molecule has 0 spiro atoms. The van der Waals surface area contributed by atoms with Gasteiger partial charge in [0.15, 0.2) is 0 Å². The van der Waals surface area contributed by atoms with Crippen molar-refractivity contribution in [3.63, 3.8) is 0 Å². The number of benzene rings is 3. The zero-order valence-corrected chi connectivity index (χ0v) is 14.6. The quantitative estimate of drug-likeness (QED) is 0.480. The van der Waals surface area contributed by atoms with Crippen molar-refractivity contribution >= 4 is 0 Å². The van der Waals surface area contributed by atoms with E-state index in [1.165, 1.54) is 24.3 Å². The molecule has 0 bridgehead atoms. The van der Waals surface area contributed by atoms with Gasteiger partial charge in [0.2, 0.25) is 0 Å². The molecule has 1 N–H and O–H groups in total. The highest BCUT2D eigenvalue weighted by Gasteiger charge is 2.34. The summed E-state index contributed by atoms with van der Waals surface area (Å²) in [4.78, 5) is 19.4. The van der Waals surface area contributed by atoms with E-state index in [1.807, 2.05) is 24.3 Å². The molecule has 136 valence electrons. The minimum atomic E-state index is -0.465. The Hall–Kier alpha value is -3.60. The Morgan fingerprint density at radius 2 is 1.46 bits per heavy atom. The number of aromatic amines is 1. The van der Waals surface area contributed by atoms with Gasteiger partial charge in [0, 0.05) is 22.6 Å². The normalized spacial score (nSPS) is 14.6. The minimum absolute atomic E-state index is 0.212. The second-order valence-electron chi connectivity index (χ2n) is 6.76. The standard InChI is InChI=1S/C23H14F2N2O/c24-15-9-5-13(6-10-15)19-17-3-1-2-4-18(17)22-20(19)21(26-23(28)27-22)14-7-11-16(25)12-8-14/h1-12,19H,(H,26,27,28). The molecule has 0 saturated heterocycles. The molecule has 1 heterocycles. The lowest BCUT2D eigenvalue weighted by molar-refractivity contribution is 0.627. The van der Waals surface area contributed by atoms with Crippen LogP contribution < -0.4 is 5.69 Å². The van der Waals surface area contributed by atoms with Crippen LogP contribution >= 0.6 is 0 Å². The van der Waals surface area contributed by atoms with Crippen LogP contribution in [0.15, 0.2) is 77.6 Å². The molecule has 5 rings (SSSR count). The van der Waals surface area contributed by atoms with E-state index in [4.69, 9.17) is 0 Å². The molecule has 1 aromatic heterocycles. The van der Waals surface area contributed by atoms with Gasteiger partial charge in [-0.15, -0.1) is 0 Å². The number of nitrogens with zero attached hydrogens (tertiary/aromatic N) is 1. The molecule has 1 aliphatic carbocycles. The summed E-state index contributed by atoms with van der Waals surface area (Å²) >= 11 is 0. The predicted octanol–water partition coefficient (Wildman–Crippen LogP) is 4.88. The highest BCUT2D eigenvalue weighted by molar-refractivity contribution is 5.84. The second kappa shape index (κ2) is 6.23. The molecular weight excluding hydrogens is 358 g/mol. The number of halogens is 2. The van der Waals surface area contributed by atoms with E-state index in [2.05, 4.69) is 9.97 Å². The third-order valence-corrected chi connectivity index (χ3v) is 5.12. The van der Waals surface area contributed by atoms with Crippen LogP contribution in [0, 0.1) is 11.6 Å². The summed E-state index contributed by atoms with van der Waals surface area (Å²) < 4.78 is 26.9. The van der Waals surface area contributed by atoms with E-state index in [0.29, 0.717) is 17.0 Å². The number of nitrogens with one attached hydrogen (secondary N) is 1. The van der Waals surface area contributed by atoms with Crippen LogP contribution in [0.3, 0.4) is 0 Å². The molecule has 3 nitrogen and oxygen atoms in total. The van der Waals surface area contributed by atoms with Crippen molar-refractivity contribution in [3.05, 3.63) is 112 Å². The lowest BCUT2D eigenvalue weighted by Gasteiger charge is -2.17. The number of hydrogen-bond acceptors (Lipinski definition) is 2. The van der Waals surface area contributed by atoms with Gasteiger partial charge in [0.25, 0.3) is 0 Å². The summed E-state index contributed by atoms with van der Waals surface area (Å²) in [5, 5.41) is 0. The molecule has 5 heteroatoms. The topological polar surface area (TPSA) is 45.8 Å². The first kappa shape index (κ1) is 16.6. The van der Waals surface area contributed by atoms with Gasteiger partial charge in [-0.1, -0.05) is 36.4 Å². The summed E-state index contributed by atoms with van der Waals surface area (Å²) in [7, 11) is 0. The van der Waals surface area contributed by atoms with Crippen LogP contribution in [0.2, 0.25) is 0 Å². The summed E-state index contributed by atoms with van der Waals surface area (Å²) in [6, 6.07) is 20.0. The molecule has 3 aromatic carbocycles. The molecule has 0 saturated carbocycles. The van der Waals surface area contributed by atoms with E-state index < -0.39 is 5.69 Å². The summed E-state index contributed by atoms with van der Waals surface area (Å²) in [6.45, 7) is 0. The highest BCUT2D eigenvalue weighted by atomic mass is 19.1. The Morgan fingerprint density at radius 3 is 2.18 bits per heavy atom. The van der Waals surface area contributed by atoms with E-state index in [1.54, 1.807) is 24.3 Å². The van der Waals surface area contributed by atoms with Gasteiger partial charge in [0.05, 0.1) is 11.4 Å². The zero-order valence-electron chi connectivity index (χ0n) is 14.6. The maximum absolute atomic E-state index is 13.5. The van der Waals surface area contributed by atoms with Gasteiger partial charge in [-0.3, -0.25) is 0 Å². The van der Waals surface area contributed by atoms with E-state index in [9.17, 15) is 13.6 Å². The average molecular weight is 372 g/mol. The van der Waals surface area contributed by atoms with Crippen molar-refractivity contribution in [2.24, 2.45) is 0 Å². The molecule has 0 aliphatic heterocycles. The van der Waals surface area contributed by atoms with Crippen LogP contribution in [0.25, 0.3) is 22.5 Å². The smallest absolute Gasteiger partial charge is 0.305 e. The molecule has 1 unspecified atom stereocenters. The van der Waals surface area contributed by atoms with Crippen molar-refractivity contribution in [2.45, 2.75) is 5.92 Å². The fourth-order valence-corrected chi connectivity index (χ4v) is 3.94. The predicted molar refractivity (Wildman–Crippen MR) is 103 cm³/mol. The number of fused-ring (bicyclic) bond motifs is 3. The highest BCUT2D eigenvalue weighted by Crippen LogP contribution is 2.49. The van der Waals surface area contributed by atoms with E-state index >= 15 is 0 Å². The SMILES string of the molecule is O=c1nc(-c2ccc(F)cc2)c2c([nH]1)-c1ccccc1C2c1ccc(F)cc1. The van der Waals surface area contributed by atoms with Gasteiger partial charge in [-0.2, -0.15) is 4.98 Å². The van der Waals surface area contributed by atoms with Crippen LogP contribution in [0.5, 0.6) is 0 Å². The molecule has 1 atom stereocenters. The Morgan fingerprint density at radius 1 is 0.821 bits per heavy atom. The maximum Gasteiger partial charge on any atom is 0.345 e. The largest absolute Gasteiger partial charge is 0.345 e. The number of H-pyrrole nitrogens is 1. The number of aromatic nitrogens is 2. The molecule has 0 radical (unpaired) electrons. The fourth-order valence-electron chi connectivity index (χ4n) is 3.94. The third kappa shape index (κ3) is 2.55. The Labute approximate surface area is 159 Å². The van der Waals surface area contributed by atoms with Gasteiger partial charge < -0.3 is 4.98 Å². The number of rotatable bonds is 2. The third-order valence-electron chi connectivity index (χ3n) is 5.12. The van der Waals surface area contributed by atoms with Crippen molar-refractivity contribution < 1.29 is 8.78 Å². The molecule has 4 aromatic rings. The summed E-state index contributed by atoms with van der Waals surface area (Å²) in [6.07, 6.45) is 0. The molecular formula is C23H14F2N2O. The maximum atomic E-state index is 13.5. The van der Waals surface area contributed by atoms with Crippen LogP contribution in [0.4, 0.5) is 8.78 Å². The summed E-state index contributed by atoms with van der Waals surface area (Å²) in [5.41, 5.74) is 5.04. The lowest BCUT2D eigenvalue weighted by Crippen LogP contribution is -2.15.